The summed E-state index contributed by atoms with van der Waals surface area (Å²) in [6.07, 6.45) is 0. The molecule has 1 atom stereocenters. The van der Waals surface area contributed by atoms with Gasteiger partial charge in [0.25, 0.3) is 0 Å². The minimum atomic E-state index is -0.404. The first kappa shape index (κ1) is 10.6. The molecule has 3 N–H and O–H groups in total. The van der Waals surface area contributed by atoms with Crippen LogP contribution < -0.4 is 5.73 Å². The van der Waals surface area contributed by atoms with Crippen molar-refractivity contribution in [1.82, 2.24) is 9.38 Å². The van der Waals surface area contributed by atoms with Crippen LogP contribution in [0.3, 0.4) is 0 Å². The van der Waals surface area contributed by atoms with E-state index in [0.717, 1.165) is 21.6 Å². The van der Waals surface area contributed by atoms with Crippen molar-refractivity contribution < 1.29 is 5.11 Å². The first-order valence-corrected chi connectivity index (χ1v) is 5.44. The Kier molecular flexibility index (Phi) is 2.77. The fraction of sp³-hybridized carbons (Fsp3) is 0.300. The molecule has 4 nitrogen and oxygen atoms in total. The van der Waals surface area contributed by atoms with Crippen LogP contribution in [0.1, 0.15) is 17.4 Å². The van der Waals surface area contributed by atoms with Crippen LogP contribution in [0, 0.1) is 6.92 Å². The zero-order valence-electron chi connectivity index (χ0n) is 8.31. The molecule has 0 aromatic carbocycles. The highest BCUT2D eigenvalue weighted by Gasteiger charge is 2.16. The molecular weight excluding hydrogens is 258 g/mol. The Labute approximate surface area is 95.9 Å². The molecule has 0 aliphatic rings. The van der Waals surface area contributed by atoms with Gasteiger partial charge in [-0.05, 0) is 35.0 Å². The van der Waals surface area contributed by atoms with Crippen LogP contribution in [-0.4, -0.2) is 21.1 Å². The molecule has 5 heteroatoms. The molecule has 0 fully saturated rings. The zero-order valence-corrected chi connectivity index (χ0v) is 9.90. The van der Waals surface area contributed by atoms with E-state index in [0.29, 0.717) is 0 Å². The fourth-order valence-electron chi connectivity index (χ4n) is 1.71. The normalized spacial score (nSPS) is 13.3. The SMILES string of the molecule is Cc1nc2cccc(Br)n2c1C(N)CO. The second kappa shape index (κ2) is 3.92. The number of halogens is 1. The van der Waals surface area contributed by atoms with Crippen LogP contribution in [0.2, 0.25) is 0 Å². The Hall–Kier alpha value is -0.910. The third-order valence-corrected chi connectivity index (χ3v) is 2.98. The van der Waals surface area contributed by atoms with Crippen LogP contribution in [0.25, 0.3) is 5.65 Å². The largest absolute Gasteiger partial charge is 0.394 e. The second-order valence-electron chi connectivity index (χ2n) is 3.41. The van der Waals surface area contributed by atoms with Crippen molar-refractivity contribution in [2.24, 2.45) is 5.73 Å². The van der Waals surface area contributed by atoms with Gasteiger partial charge in [-0.1, -0.05) is 6.07 Å². The number of aliphatic hydroxyl groups is 1. The van der Waals surface area contributed by atoms with Gasteiger partial charge in [-0.3, -0.25) is 4.40 Å². The molecule has 0 aliphatic heterocycles. The number of aromatic nitrogens is 2. The van der Waals surface area contributed by atoms with Gasteiger partial charge in [-0.2, -0.15) is 0 Å². The molecule has 0 bridgehead atoms. The maximum absolute atomic E-state index is 9.10. The number of pyridine rings is 1. The molecule has 2 heterocycles. The molecule has 0 saturated carbocycles. The molecular formula is C10H12BrN3O. The van der Waals surface area contributed by atoms with Crippen molar-refractivity contribution in [1.29, 1.82) is 0 Å². The molecule has 15 heavy (non-hydrogen) atoms. The van der Waals surface area contributed by atoms with Crippen molar-refractivity contribution >= 4 is 21.6 Å². The van der Waals surface area contributed by atoms with Crippen LogP contribution in [-0.2, 0) is 0 Å². The van der Waals surface area contributed by atoms with Gasteiger partial charge < -0.3 is 10.8 Å². The summed E-state index contributed by atoms with van der Waals surface area (Å²) in [5, 5.41) is 9.10. The number of hydrogen-bond donors (Lipinski definition) is 2. The quantitative estimate of drug-likeness (QED) is 0.811. The first-order valence-electron chi connectivity index (χ1n) is 4.65. The van der Waals surface area contributed by atoms with E-state index in [2.05, 4.69) is 20.9 Å². The van der Waals surface area contributed by atoms with Gasteiger partial charge in [-0.15, -0.1) is 0 Å². The van der Waals surface area contributed by atoms with Crippen molar-refractivity contribution in [3.8, 4) is 0 Å². The summed E-state index contributed by atoms with van der Waals surface area (Å²) in [5.74, 6) is 0. The summed E-state index contributed by atoms with van der Waals surface area (Å²) in [6, 6.07) is 5.34. The van der Waals surface area contributed by atoms with E-state index >= 15 is 0 Å². The monoisotopic (exact) mass is 269 g/mol. The number of aliphatic hydroxyl groups excluding tert-OH is 1. The number of nitrogens with two attached hydrogens (primary N) is 1. The molecule has 0 radical (unpaired) electrons. The standard InChI is InChI=1S/C10H12BrN3O/c1-6-10(7(12)5-15)14-8(11)3-2-4-9(14)13-6/h2-4,7,15H,5,12H2,1H3. The third-order valence-electron chi connectivity index (χ3n) is 2.36. The number of rotatable bonds is 2. The van der Waals surface area contributed by atoms with E-state index < -0.39 is 6.04 Å². The highest BCUT2D eigenvalue weighted by molar-refractivity contribution is 9.10. The molecule has 0 aliphatic carbocycles. The smallest absolute Gasteiger partial charge is 0.138 e. The molecule has 0 amide bonds. The second-order valence-corrected chi connectivity index (χ2v) is 4.23. The Balaban J connectivity index is 2.76. The average molecular weight is 270 g/mol. The van der Waals surface area contributed by atoms with Crippen LogP contribution in [0.4, 0.5) is 0 Å². The Morgan fingerprint density at radius 2 is 2.33 bits per heavy atom. The molecule has 0 saturated heterocycles. The lowest BCUT2D eigenvalue weighted by Gasteiger charge is -2.10. The third kappa shape index (κ3) is 1.67. The Morgan fingerprint density at radius 3 is 3.00 bits per heavy atom. The lowest BCUT2D eigenvalue weighted by atomic mass is 10.2. The summed E-state index contributed by atoms with van der Waals surface area (Å²) >= 11 is 3.44. The van der Waals surface area contributed by atoms with E-state index in [1.807, 2.05) is 29.5 Å². The lowest BCUT2D eigenvalue weighted by molar-refractivity contribution is 0.265. The number of hydrogen-bond acceptors (Lipinski definition) is 3. The predicted octanol–water partition coefficient (Wildman–Crippen LogP) is 1.40. The highest BCUT2D eigenvalue weighted by Crippen LogP contribution is 2.22. The van der Waals surface area contributed by atoms with Crippen LogP contribution >= 0.6 is 15.9 Å². The van der Waals surface area contributed by atoms with E-state index in [4.69, 9.17) is 10.8 Å². The molecule has 0 spiro atoms. The summed E-state index contributed by atoms with van der Waals surface area (Å²) in [5.41, 5.74) is 8.37. The number of imidazole rings is 1. The van der Waals surface area contributed by atoms with E-state index in [1.165, 1.54) is 0 Å². The van der Waals surface area contributed by atoms with Gasteiger partial charge in [0.15, 0.2) is 0 Å². The molecule has 1 unspecified atom stereocenters. The van der Waals surface area contributed by atoms with Gasteiger partial charge in [0, 0.05) is 0 Å². The Bertz CT molecular complexity index is 495. The van der Waals surface area contributed by atoms with E-state index in [1.54, 1.807) is 0 Å². The topological polar surface area (TPSA) is 63.5 Å². The van der Waals surface area contributed by atoms with Crippen molar-refractivity contribution in [2.75, 3.05) is 6.61 Å². The average Bonchev–Trinajstić information content (AvgIpc) is 2.55. The van der Waals surface area contributed by atoms with Crippen molar-refractivity contribution in [2.45, 2.75) is 13.0 Å². The maximum Gasteiger partial charge on any atom is 0.138 e. The maximum atomic E-state index is 9.10. The minimum absolute atomic E-state index is 0.0873. The van der Waals surface area contributed by atoms with E-state index in [-0.39, 0.29) is 6.61 Å². The van der Waals surface area contributed by atoms with Gasteiger partial charge in [-0.25, -0.2) is 4.98 Å². The van der Waals surface area contributed by atoms with Crippen LogP contribution in [0.5, 0.6) is 0 Å². The molecule has 80 valence electrons. The minimum Gasteiger partial charge on any atom is -0.394 e. The Morgan fingerprint density at radius 1 is 1.60 bits per heavy atom. The first-order chi connectivity index (χ1) is 7.15. The van der Waals surface area contributed by atoms with Crippen molar-refractivity contribution in [3.63, 3.8) is 0 Å². The molecule has 2 rings (SSSR count). The molecule has 2 aromatic heterocycles. The van der Waals surface area contributed by atoms with Crippen molar-refractivity contribution in [3.05, 3.63) is 34.2 Å². The van der Waals surface area contributed by atoms with Gasteiger partial charge in [0.2, 0.25) is 0 Å². The van der Waals surface area contributed by atoms with Gasteiger partial charge >= 0.3 is 0 Å². The summed E-state index contributed by atoms with van der Waals surface area (Å²) < 4.78 is 2.80. The van der Waals surface area contributed by atoms with Crippen LogP contribution in [0.15, 0.2) is 22.8 Å². The number of fused-ring (bicyclic) bond motifs is 1. The zero-order chi connectivity index (χ0) is 11.0. The number of aryl methyl sites for hydroxylation is 1. The van der Waals surface area contributed by atoms with Gasteiger partial charge in [0.1, 0.15) is 5.65 Å². The fourth-order valence-corrected chi connectivity index (χ4v) is 2.23. The summed E-state index contributed by atoms with van der Waals surface area (Å²) in [7, 11) is 0. The van der Waals surface area contributed by atoms with E-state index in [9.17, 15) is 0 Å². The predicted molar refractivity (Wildman–Crippen MR) is 61.6 cm³/mol. The highest BCUT2D eigenvalue weighted by atomic mass is 79.9. The van der Waals surface area contributed by atoms with Gasteiger partial charge in [0.05, 0.1) is 28.6 Å². The molecule has 2 aromatic rings. The summed E-state index contributed by atoms with van der Waals surface area (Å²) in [6.45, 7) is 1.81. The number of nitrogens with zero attached hydrogens (tertiary/aromatic N) is 2. The lowest BCUT2D eigenvalue weighted by Crippen LogP contribution is -2.18. The summed E-state index contributed by atoms with van der Waals surface area (Å²) in [4.78, 5) is 4.38.